The van der Waals surface area contributed by atoms with Crippen molar-refractivity contribution in [1.82, 2.24) is 10.2 Å². The van der Waals surface area contributed by atoms with Gasteiger partial charge in [-0.3, -0.25) is 4.79 Å². The fourth-order valence-corrected chi connectivity index (χ4v) is 5.06. The molecule has 2 heterocycles. The highest BCUT2D eigenvalue weighted by atomic mass is 19.1. The summed E-state index contributed by atoms with van der Waals surface area (Å²) in [5.41, 5.74) is 3.84. The molecular formula is C23H25FN2O. The van der Waals surface area contributed by atoms with E-state index in [1.54, 1.807) is 0 Å². The van der Waals surface area contributed by atoms with Crippen molar-refractivity contribution in [1.29, 1.82) is 0 Å². The maximum Gasteiger partial charge on any atom is 0.223 e. The zero-order chi connectivity index (χ0) is 18.4. The van der Waals surface area contributed by atoms with Crippen LogP contribution >= 0.6 is 0 Å². The monoisotopic (exact) mass is 364 g/mol. The second-order valence-corrected chi connectivity index (χ2v) is 8.38. The highest BCUT2D eigenvalue weighted by Gasteiger charge is 2.52. The minimum atomic E-state index is -0.242. The van der Waals surface area contributed by atoms with Gasteiger partial charge in [0.2, 0.25) is 5.91 Å². The number of carbonyl (C=O) groups excluding carboxylic acids is 1. The van der Waals surface area contributed by atoms with E-state index in [1.807, 2.05) is 23.1 Å². The molecule has 140 valence electrons. The van der Waals surface area contributed by atoms with Crippen LogP contribution < -0.4 is 5.32 Å². The molecule has 5 rings (SSSR count). The van der Waals surface area contributed by atoms with Gasteiger partial charge in [0.05, 0.1) is 6.04 Å². The SMILES string of the molecule is O=C(C[C@H]1CNCC12CC2)N1CCc2ccccc2[C@@H]1c1ccc(F)cc1. The molecule has 2 aromatic rings. The van der Waals surface area contributed by atoms with E-state index in [9.17, 15) is 9.18 Å². The van der Waals surface area contributed by atoms with Gasteiger partial charge in [-0.1, -0.05) is 36.4 Å². The first-order valence-electron chi connectivity index (χ1n) is 10.00. The Balaban J connectivity index is 1.46. The summed E-state index contributed by atoms with van der Waals surface area (Å²) in [7, 11) is 0. The Morgan fingerprint density at radius 2 is 1.93 bits per heavy atom. The first-order valence-corrected chi connectivity index (χ1v) is 10.00. The Hall–Kier alpha value is -2.20. The van der Waals surface area contributed by atoms with E-state index in [-0.39, 0.29) is 17.8 Å². The lowest BCUT2D eigenvalue weighted by molar-refractivity contribution is -0.134. The molecule has 0 unspecified atom stereocenters. The largest absolute Gasteiger partial charge is 0.331 e. The molecular weight excluding hydrogens is 339 g/mol. The summed E-state index contributed by atoms with van der Waals surface area (Å²) in [6.07, 6.45) is 4.00. The summed E-state index contributed by atoms with van der Waals surface area (Å²) < 4.78 is 13.5. The lowest BCUT2D eigenvalue weighted by Crippen LogP contribution is -2.41. The third kappa shape index (κ3) is 2.96. The fraction of sp³-hybridized carbons (Fsp3) is 0.435. The van der Waals surface area contributed by atoms with Crippen molar-refractivity contribution in [3.63, 3.8) is 0 Å². The smallest absolute Gasteiger partial charge is 0.223 e. The van der Waals surface area contributed by atoms with E-state index in [1.165, 1.54) is 36.1 Å². The molecule has 1 saturated carbocycles. The van der Waals surface area contributed by atoms with Gasteiger partial charge in [-0.2, -0.15) is 0 Å². The van der Waals surface area contributed by atoms with Gasteiger partial charge >= 0.3 is 0 Å². The average molecular weight is 364 g/mol. The summed E-state index contributed by atoms with van der Waals surface area (Å²) in [6, 6.07) is 14.9. The number of rotatable bonds is 3. The number of nitrogens with one attached hydrogen (secondary N) is 1. The van der Waals surface area contributed by atoms with E-state index < -0.39 is 0 Å². The molecule has 4 heteroatoms. The predicted molar refractivity (Wildman–Crippen MR) is 103 cm³/mol. The van der Waals surface area contributed by atoms with E-state index >= 15 is 0 Å². The lowest BCUT2D eigenvalue weighted by atomic mass is 9.86. The van der Waals surface area contributed by atoms with Crippen LogP contribution in [0.5, 0.6) is 0 Å². The maximum absolute atomic E-state index is 13.5. The molecule has 2 aromatic carbocycles. The molecule has 1 aliphatic carbocycles. The molecule has 2 aliphatic heterocycles. The number of fused-ring (bicyclic) bond motifs is 1. The van der Waals surface area contributed by atoms with Crippen LogP contribution in [-0.4, -0.2) is 30.4 Å². The van der Waals surface area contributed by atoms with Gasteiger partial charge in [-0.25, -0.2) is 4.39 Å². The van der Waals surface area contributed by atoms with Crippen molar-refractivity contribution in [2.24, 2.45) is 11.3 Å². The van der Waals surface area contributed by atoms with Crippen LogP contribution in [0.25, 0.3) is 0 Å². The first-order chi connectivity index (χ1) is 13.2. The number of carbonyl (C=O) groups is 1. The normalized spacial score (nSPS) is 25.4. The Morgan fingerprint density at radius 1 is 1.15 bits per heavy atom. The summed E-state index contributed by atoms with van der Waals surface area (Å²) in [6.45, 7) is 2.75. The van der Waals surface area contributed by atoms with Crippen LogP contribution in [0.1, 0.15) is 42.0 Å². The van der Waals surface area contributed by atoms with Crippen molar-refractivity contribution < 1.29 is 9.18 Å². The Morgan fingerprint density at radius 3 is 2.70 bits per heavy atom. The summed E-state index contributed by atoms with van der Waals surface area (Å²) in [4.78, 5) is 15.4. The van der Waals surface area contributed by atoms with Gasteiger partial charge in [0.1, 0.15) is 5.82 Å². The quantitative estimate of drug-likeness (QED) is 0.901. The number of hydrogen-bond acceptors (Lipinski definition) is 2. The van der Waals surface area contributed by atoms with Crippen molar-refractivity contribution in [2.75, 3.05) is 19.6 Å². The number of benzene rings is 2. The second kappa shape index (κ2) is 6.45. The zero-order valence-electron chi connectivity index (χ0n) is 15.5. The van der Waals surface area contributed by atoms with E-state index in [0.717, 1.165) is 31.6 Å². The molecule has 1 saturated heterocycles. The van der Waals surface area contributed by atoms with Crippen molar-refractivity contribution >= 4 is 5.91 Å². The highest BCUT2D eigenvalue weighted by Crippen LogP contribution is 2.55. The van der Waals surface area contributed by atoms with E-state index in [4.69, 9.17) is 0 Å². The van der Waals surface area contributed by atoms with Crippen LogP contribution in [0.4, 0.5) is 4.39 Å². The van der Waals surface area contributed by atoms with E-state index in [0.29, 0.717) is 17.8 Å². The van der Waals surface area contributed by atoms with Crippen LogP contribution in [0.2, 0.25) is 0 Å². The number of halogens is 1. The standard InChI is InChI=1S/C23H25FN2O/c24-19-7-5-17(6-8-19)22-20-4-2-1-3-16(20)9-12-26(22)21(27)13-18-14-25-15-23(18)10-11-23/h1-8,18,22,25H,9-15H2/t18-,22-/m0/s1. The topological polar surface area (TPSA) is 32.3 Å². The minimum absolute atomic E-state index is 0.118. The second-order valence-electron chi connectivity index (χ2n) is 8.38. The average Bonchev–Trinajstić information content (AvgIpc) is 3.37. The number of nitrogens with zero attached hydrogens (tertiary/aromatic N) is 1. The van der Waals surface area contributed by atoms with Gasteiger partial charge < -0.3 is 10.2 Å². The third-order valence-electron chi connectivity index (χ3n) is 6.84. The van der Waals surface area contributed by atoms with Crippen LogP contribution in [0, 0.1) is 17.2 Å². The molecule has 3 nitrogen and oxygen atoms in total. The Labute approximate surface area is 159 Å². The fourth-order valence-electron chi connectivity index (χ4n) is 5.06. The van der Waals surface area contributed by atoms with Gasteiger partial charge in [0.25, 0.3) is 0 Å². The molecule has 1 amide bonds. The minimum Gasteiger partial charge on any atom is -0.331 e. The number of amides is 1. The van der Waals surface area contributed by atoms with Gasteiger partial charge in [-0.15, -0.1) is 0 Å². The highest BCUT2D eigenvalue weighted by molar-refractivity contribution is 5.78. The van der Waals surface area contributed by atoms with Crippen LogP contribution in [0.15, 0.2) is 48.5 Å². The maximum atomic E-state index is 13.5. The van der Waals surface area contributed by atoms with Gasteiger partial charge in [0, 0.05) is 19.5 Å². The summed E-state index contributed by atoms with van der Waals surface area (Å²) in [5, 5.41) is 3.49. The zero-order valence-corrected chi connectivity index (χ0v) is 15.5. The molecule has 0 bridgehead atoms. The lowest BCUT2D eigenvalue weighted by Gasteiger charge is -2.38. The van der Waals surface area contributed by atoms with Crippen molar-refractivity contribution in [3.8, 4) is 0 Å². The molecule has 1 spiro atoms. The molecule has 3 aliphatic rings. The molecule has 0 aromatic heterocycles. The predicted octanol–water partition coefficient (Wildman–Crippen LogP) is 3.69. The summed E-state index contributed by atoms with van der Waals surface area (Å²) in [5.74, 6) is 0.447. The molecule has 0 radical (unpaired) electrons. The molecule has 2 fully saturated rings. The van der Waals surface area contributed by atoms with Crippen molar-refractivity contribution in [3.05, 3.63) is 71.0 Å². The van der Waals surface area contributed by atoms with Gasteiger partial charge in [0.15, 0.2) is 0 Å². The molecule has 27 heavy (non-hydrogen) atoms. The summed E-state index contributed by atoms with van der Waals surface area (Å²) >= 11 is 0. The number of hydrogen-bond donors (Lipinski definition) is 1. The Bertz CT molecular complexity index is 859. The van der Waals surface area contributed by atoms with Crippen LogP contribution in [-0.2, 0) is 11.2 Å². The molecule has 2 atom stereocenters. The first kappa shape index (κ1) is 16.9. The van der Waals surface area contributed by atoms with Crippen LogP contribution in [0.3, 0.4) is 0 Å². The van der Waals surface area contributed by atoms with Gasteiger partial charge in [-0.05, 0) is 66.0 Å². The van der Waals surface area contributed by atoms with E-state index in [2.05, 4.69) is 23.5 Å². The Kier molecular flexibility index (Phi) is 4.05. The third-order valence-corrected chi connectivity index (χ3v) is 6.84. The van der Waals surface area contributed by atoms with Crippen molar-refractivity contribution in [2.45, 2.75) is 31.7 Å². The molecule has 1 N–H and O–H groups in total.